The topological polar surface area (TPSA) is 52.6 Å². The van der Waals surface area contributed by atoms with E-state index in [2.05, 4.69) is 52.0 Å². The number of hydrogen-bond acceptors (Lipinski definition) is 8. The molecule has 4 nitrogen and oxygen atoms in total. The van der Waals surface area contributed by atoms with Crippen LogP contribution in [0.15, 0.2) is 48.5 Å². The van der Waals surface area contributed by atoms with E-state index in [1.807, 2.05) is 37.4 Å². The summed E-state index contributed by atoms with van der Waals surface area (Å²) in [6, 6.07) is 15.1. The van der Waals surface area contributed by atoms with Gasteiger partial charge in [0.05, 0.1) is 11.1 Å². The Kier molecular flexibility index (Phi) is 14.7. The molecule has 0 heterocycles. The van der Waals surface area contributed by atoms with Crippen LogP contribution in [0.3, 0.4) is 0 Å². The van der Waals surface area contributed by atoms with Gasteiger partial charge in [-0.05, 0) is 83.4 Å². The third-order valence-electron chi connectivity index (χ3n) is 6.44. The second-order valence-electron chi connectivity index (χ2n) is 9.71. The number of ether oxygens (including phenoxy) is 2. The number of aryl methyl sites for hydroxylation is 2. The lowest BCUT2D eigenvalue weighted by Gasteiger charge is -2.16. The molecule has 0 fully saturated rings. The van der Waals surface area contributed by atoms with Gasteiger partial charge in [0.15, 0.2) is 0 Å². The summed E-state index contributed by atoms with van der Waals surface area (Å²) in [6.07, 6.45) is 0. The summed E-state index contributed by atoms with van der Waals surface area (Å²) in [5, 5.41) is 0. The van der Waals surface area contributed by atoms with E-state index < -0.39 is 11.9 Å². The molecule has 8 heteroatoms. The first-order chi connectivity index (χ1) is 20.3. The third kappa shape index (κ3) is 10.0. The molecule has 0 atom stereocenters. The Morgan fingerprint density at radius 3 is 1.21 bits per heavy atom. The van der Waals surface area contributed by atoms with Crippen LogP contribution in [0.1, 0.15) is 81.8 Å². The largest absolute Gasteiger partial charge is 0.422 e. The molecule has 0 spiro atoms. The first-order valence-electron chi connectivity index (χ1n) is 14.4. The second kappa shape index (κ2) is 18.0. The van der Waals surface area contributed by atoms with Gasteiger partial charge in [-0.3, -0.25) is 0 Å². The molecule has 0 unspecified atom stereocenters. The third-order valence-corrected chi connectivity index (χ3v) is 10.2. The molecule has 0 aliphatic rings. The molecule has 0 amide bonds. The fourth-order valence-corrected chi connectivity index (χ4v) is 6.93. The summed E-state index contributed by atoms with van der Waals surface area (Å²) in [7, 11) is 0. The SMILES string of the molecule is CCSCc1cc(C)c(OC(=O)c2ccc(C(=O)Oc3c(C)cc(CSCC)cc3CSCC)cc2)c(CSCC)c1. The van der Waals surface area contributed by atoms with Crippen molar-refractivity contribution >= 4 is 59.0 Å². The van der Waals surface area contributed by atoms with E-state index in [0.717, 1.165) is 68.3 Å². The van der Waals surface area contributed by atoms with E-state index in [9.17, 15) is 9.59 Å². The van der Waals surface area contributed by atoms with Crippen molar-refractivity contribution in [3.8, 4) is 11.5 Å². The Balaban J connectivity index is 1.77. The first-order valence-corrected chi connectivity index (χ1v) is 19.0. The number of hydrogen-bond donors (Lipinski definition) is 0. The van der Waals surface area contributed by atoms with E-state index in [1.54, 1.807) is 47.8 Å². The molecule has 0 aromatic heterocycles. The van der Waals surface area contributed by atoms with E-state index in [1.165, 1.54) is 11.1 Å². The number of thioether (sulfide) groups is 4. The molecule has 0 N–H and O–H groups in total. The molecule has 0 aliphatic carbocycles. The van der Waals surface area contributed by atoms with Crippen LogP contribution >= 0.6 is 47.0 Å². The van der Waals surface area contributed by atoms with Crippen LogP contribution in [-0.2, 0) is 23.0 Å². The zero-order chi connectivity index (χ0) is 30.5. The van der Waals surface area contributed by atoms with Crippen LogP contribution in [0.5, 0.6) is 11.5 Å². The predicted octanol–water partition coefficient (Wildman–Crippen LogP) is 9.75. The van der Waals surface area contributed by atoms with Crippen molar-refractivity contribution in [2.45, 2.75) is 64.6 Å². The van der Waals surface area contributed by atoms with Gasteiger partial charge in [-0.15, -0.1) is 0 Å². The zero-order valence-electron chi connectivity index (χ0n) is 25.5. The van der Waals surface area contributed by atoms with Crippen molar-refractivity contribution in [1.29, 1.82) is 0 Å². The molecule has 42 heavy (non-hydrogen) atoms. The fraction of sp³-hybridized carbons (Fsp3) is 0.412. The number of carbonyl (C=O) groups is 2. The molecule has 3 rings (SSSR count). The Bertz CT molecular complexity index is 1240. The van der Waals surface area contributed by atoms with Crippen molar-refractivity contribution in [1.82, 2.24) is 0 Å². The monoisotopic (exact) mass is 642 g/mol. The quantitative estimate of drug-likeness (QED) is 0.113. The van der Waals surface area contributed by atoms with Crippen LogP contribution in [0.2, 0.25) is 0 Å². The fourth-order valence-electron chi connectivity index (χ4n) is 4.44. The van der Waals surface area contributed by atoms with Gasteiger partial charge in [-0.1, -0.05) is 52.0 Å². The Hall–Kier alpha value is -2.00. The smallest absolute Gasteiger partial charge is 0.343 e. The van der Waals surface area contributed by atoms with Crippen LogP contribution in [-0.4, -0.2) is 35.0 Å². The van der Waals surface area contributed by atoms with Gasteiger partial charge in [-0.25, -0.2) is 9.59 Å². The molecule has 0 saturated carbocycles. The number of rotatable bonds is 16. The highest BCUT2D eigenvalue weighted by Crippen LogP contribution is 2.33. The molecule has 226 valence electrons. The Labute approximate surface area is 268 Å². The number of carbonyl (C=O) groups excluding carboxylic acids is 2. The molecule has 0 aliphatic heterocycles. The van der Waals surface area contributed by atoms with Gasteiger partial charge in [-0.2, -0.15) is 47.0 Å². The van der Waals surface area contributed by atoms with Crippen LogP contribution in [0.25, 0.3) is 0 Å². The average molecular weight is 643 g/mol. The van der Waals surface area contributed by atoms with Gasteiger partial charge in [0.1, 0.15) is 11.5 Å². The van der Waals surface area contributed by atoms with Gasteiger partial charge in [0.25, 0.3) is 0 Å². The van der Waals surface area contributed by atoms with E-state index >= 15 is 0 Å². The van der Waals surface area contributed by atoms with Crippen molar-refractivity contribution in [2.75, 3.05) is 23.0 Å². The van der Waals surface area contributed by atoms with Gasteiger partial charge < -0.3 is 9.47 Å². The summed E-state index contributed by atoms with van der Waals surface area (Å²) in [6.45, 7) is 12.5. The maximum Gasteiger partial charge on any atom is 0.343 e. The first kappa shape index (κ1) is 34.5. The van der Waals surface area contributed by atoms with E-state index in [4.69, 9.17) is 9.47 Å². The second-order valence-corrected chi connectivity index (χ2v) is 14.8. The normalized spacial score (nSPS) is 11.0. The molecule has 3 aromatic rings. The minimum Gasteiger partial charge on any atom is -0.422 e. The number of benzene rings is 3. The maximum atomic E-state index is 13.2. The van der Waals surface area contributed by atoms with E-state index in [-0.39, 0.29) is 0 Å². The lowest BCUT2D eigenvalue weighted by atomic mass is 10.1. The summed E-state index contributed by atoms with van der Waals surface area (Å²) < 4.78 is 11.9. The summed E-state index contributed by atoms with van der Waals surface area (Å²) in [5.41, 5.74) is 7.25. The summed E-state index contributed by atoms with van der Waals surface area (Å²) >= 11 is 7.36. The Morgan fingerprint density at radius 1 is 0.548 bits per heavy atom. The van der Waals surface area contributed by atoms with Crippen LogP contribution in [0, 0.1) is 13.8 Å². The molecule has 3 aromatic carbocycles. The van der Waals surface area contributed by atoms with Gasteiger partial charge >= 0.3 is 11.9 Å². The Morgan fingerprint density at radius 2 is 0.881 bits per heavy atom. The minimum absolute atomic E-state index is 0.389. The van der Waals surface area contributed by atoms with Crippen LogP contribution in [0.4, 0.5) is 0 Å². The highest BCUT2D eigenvalue weighted by Gasteiger charge is 2.19. The maximum absolute atomic E-state index is 13.2. The van der Waals surface area contributed by atoms with Crippen molar-refractivity contribution in [2.24, 2.45) is 0 Å². The molecule has 0 bridgehead atoms. The molecule has 0 radical (unpaired) electrons. The highest BCUT2D eigenvalue weighted by atomic mass is 32.2. The van der Waals surface area contributed by atoms with Gasteiger partial charge in [0, 0.05) is 34.1 Å². The van der Waals surface area contributed by atoms with Crippen LogP contribution < -0.4 is 9.47 Å². The lowest BCUT2D eigenvalue weighted by molar-refractivity contribution is 0.0718. The standard InChI is InChI=1S/C34H42O4S4/c1-7-39-19-25-15-23(5)31(29(17-25)21-41-9-3)37-33(35)27-11-13-28(14-12-27)34(36)38-32-24(6)16-26(20-40-8-2)18-30(32)22-42-10-4/h11-18H,7-10,19-22H2,1-6H3. The molecular formula is C34H42O4S4. The predicted molar refractivity (Wildman–Crippen MR) is 186 cm³/mol. The van der Waals surface area contributed by atoms with E-state index in [0.29, 0.717) is 22.6 Å². The minimum atomic E-state index is -0.438. The highest BCUT2D eigenvalue weighted by molar-refractivity contribution is 7.99. The molecule has 0 saturated heterocycles. The lowest BCUT2D eigenvalue weighted by Crippen LogP contribution is -2.13. The number of esters is 2. The summed E-state index contributed by atoms with van der Waals surface area (Å²) in [5.74, 6) is 7.91. The van der Waals surface area contributed by atoms with Crippen molar-refractivity contribution in [3.05, 3.63) is 93.0 Å². The van der Waals surface area contributed by atoms with Gasteiger partial charge in [0.2, 0.25) is 0 Å². The van der Waals surface area contributed by atoms with Crippen molar-refractivity contribution in [3.63, 3.8) is 0 Å². The zero-order valence-corrected chi connectivity index (χ0v) is 28.8. The molecular weight excluding hydrogens is 601 g/mol. The summed E-state index contributed by atoms with van der Waals surface area (Å²) in [4.78, 5) is 26.3. The average Bonchev–Trinajstić information content (AvgIpc) is 2.99. The van der Waals surface area contributed by atoms with Crippen molar-refractivity contribution < 1.29 is 19.1 Å².